The Morgan fingerprint density at radius 1 is 1.64 bits per heavy atom. The Balaban J connectivity index is 2.60. The molecule has 0 aromatic carbocycles. The van der Waals surface area contributed by atoms with Crippen molar-refractivity contribution in [3.63, 3.8) is 0 Å². The van der Waals surface area contributed by atoms with Crippen LogP contribution < -0.4 is 5.73 Å². The summed E-state index contributed by atoms with van der Waals surface area (Å²) in [6.45, 7) is 0. The third-order valence-electron chi connectivity index (χ3n) is 1.96. The number of ketones is 1. The van der Waals surface area contributed by atoms with Crippen LogP contribution in [0.4, 0.5) is 0 Å². The Bertz CT molecular complexity index is 319. The molecule has 0 aliphatic heterocycles. The Hall–Kier alpha value is -1.62. The van der Waals surface area contributed by atoms with Crippen molar-refractivity contribution >= 4 is 11.8 Å². The number of carbonyl (C=O) groups excluding carboxylic acids is 1. The van der Waals surface area contributed by atoms with Crippen LogP contribution in [0.15, 0.2) is 24.0 Å². The molecule has 0 fully saturated rings. The topological polar surface area (TPSA) is 101 Å². The summed E-state index contributed by atoms with van der Waals surface area (Å²) in [7, 11) is 0. The molecular weight excluding hydrogens is 186 g/mol. The number of carbonyl (C=O) groups is 2. The predicted octanol–water partition coefficient (Wildman–Crippen LogP) is -0.0146. The number of hydrogen-bond donors (Lipinski definition) is 3. The van der Waals surface area contributed by atoms with Crippen molar-refractivity contribution in [2.45, 2.75) is 12.5 Å². The van der Waals surface area contributed by atoms with Crippen molar-refractivity contribution in [2.75, 3.05) is 0 Å². The summed E-state index contributed by atoms with van der Waals surface area (Å²) in [6.07, 6.45) is 4.23. The molecule has 1 rings (SSSR count). The first kappa shape index (κ1) is 10.5. The van der Waals surface area contributed by atoms with Gasteiger partial charge in [-0.2, -0.15) is 0 Å². The largest absolute Gasteiger partial charge is 0.504 e. The van der Waals surface area contributed by atoms with Gasteiger partial charge in [-0.1, -0.05) is 6.08 Å². The van der Waals surface area contributed by atoms with Crippen LogP contribution in [0.1, 0.15) is 6.42 Å². The molecule has 5 heteroatoms. The second-order valence-corrected chi connectivity index (χ2v) is 3.12. The summed E-state index contributed by atoms with van der Waals surface area (Å²) in [5.74, 6) is -2.21. The van der Waals surface area contributed by atoms with E-state index in [-0.39, 0.29) is 18.1 Å². The summed E-state index contributed by atoms with van der Waals surface area (Å²) in [6, 6.07) is -0.984. The molecule has 0 bridgehead atoms. The standard InChI is InChI=1S/C9H11NO4/c10-6(9(13)14)3-5-1-2-7(11)8(12)4-5/h1-2,4-6,12H,3,10H2,(H,13,14). The molecule has 1 aliphatic carbocycles. The summed E-state index contributed by atoms with van der Waals surface area (Å²) in [5.41, 5.74) is 5.30. The van der Waals surface area contributed by atoms with E-state index in [2.05, 4.69) is 0 Å². The lowest BCUT2D eigenvalue weighted by atomic mass is 9.94. The Morgan fingerprint density at radius 2 is 2.29 bits per heavy atom. The Morgan fingerprint density at radius 3 is 2.79 bits per heavy atom. The van der Waals surface area contributed by atoms with Gasteiger partial charge in [0.05, 0.1) is 0 Å². The molecule has 0 radical (unpaired) electrons. The number of aliphatic carboxylic acids is 1. The van der Waals surface area contributed by atoms with Crippen molar-refractivity contribution in [1.82, 2.24) is 0 Å². The molecule has 0 aromatic rings. The van der Waals surface area contributed by atoms with Crippen LogP contribution in [0.25, 0.3) is 0 Å². The van der Waals surface area contributed by atoms with Crippen molar-refractivity contribution < 1.29 is 19.8 Å². The average molecular weight is 197 g/mol. The molecule has 2 atom stereocenters. The van der Waals surface area contributed by atoms with Crippen LogP contribution in [0, 0.1) is 5.92 Å². The van der Waals surface area contributed by atoms with Crippen molar-refractivity contribution in [2.24, 2.45) is 11.7 Å². The molecule has 0 heterocycles. The maximum atomic E-state index is 10.8. The first-order chi connectivity index (χ1) is 6.50. The normalized spacial score (nSPS) is 23.1. The number of aliphatic hydroxyl groups is 1. The van der Waals surface area contributed by atoms with Gasteiger partial charge < -0.3 is 15.9 Å². The van der Waals surface area contributed by atoms with Crippen LogP contribution in [-0.4, -0.2) is 28.0 Å². The van der Waals surface area contributed by atoms with Gasteiger partial charge in [0, 0.05) is 5.92 Å². The average Bonchev–Trinajstić information content (AvgIpc) is 2.11. The van der Waals surface area contributed by atoms with Gasteiger partial charge in [-0.3, -0.25) is 9.59 Å². The third kappa shape index (κ3) is 2.43. The SMILES string of the molecule is NC(CC1C=CC(=O)C(O)=C1)C(=O)O. The number of nitrogens with two attached hydrogens (primary N) is 1. The molecule has 0 aromatic heterocycles. The molecule has 0 spiro atoms. The Labute approximate surface area is 80.5 Å². The van der Waals surface area contributed by atoms with Gasteiger partial charge in [0.2, 0.25) is 5.78 Å². The zero-order valence-corrected chi connectivity index (χ0v) is 7.38. The zero-order chi connectivity index (χ0) is 10.7. The molecule has 76 valence electrons. The fraction of sp³-hybridized carbons (Fsp3) is 0.333. The van der Waals surface area contributed by atoms with Crippen molar-refractivity contribution in [3.8, 4) is 0 Å². The minimum Gasteiger partial charge on any atom is -0.504 e. The van der Waals surface area contributed by atoms with Gasteiger partial charge in [-0.05, 0) is 18.6 Å². The van der Waals surface area contributed by atoms with Crippen LogP contribution in [-0.2, 0) is 9.59 Å². The second-order valence-electron chi connectivity index (χ2n) is 3.12. The molecule has 0 saturated carbocycles. The van der Waals surface area contributed by atoms with E-state index in [4.69, 9.17) is 15.9 Å². The monoisotopic (exact) mass is 197 g/mol. The number of allylic oxidation sites excluding steroid dienone is 3. The highest BCUT2D eigenvalue weighted by Crippen LogP contribution is 2.16. The molecule has 5 nitrogen and oxygen atoms in total. The third-order valence-corrected chi connectivity index (χ3v) is 1.96. The van der Waals surface area contributed by atoms with Crippen LogP contribution >= 0.6 is 0 Å². The summed E-state index contributed by atoms with van der Waals surface area (Å²) in [5, 5.41) is 17.6. The van der Waals surface area contributed by atoms with Gasteiger partial charge in [0.1, 0.15) is 6.04 Å². The molecule has 0 amide bonds. The quantitative estimate of drug-likeness (QED) is 0.590. The van der Waals surface area contributed by atoms with E-state index in [1.54, 1.807) is 0 Å². The maximum Gasteiger partial charge on any atom is 0.320 e. The number of rotatable bonds is 3. The van der Waals surface area contributed by atoms with E-state index in [1.165, 1.54) is 18.2 Å². The summed E-state index contributed by atoms with van der Waals surface area (Å²) in [4.78, 5) is 21.2. The molecule has 14 heavy (non-hydrogen) atoms. The van der Waals surface area contributed by atoms with E-state index in [1.807, 2.05) is 0 Å². The first-order valence-corrected chi connectivity index (χ1v) is 4.12. The maximum absolute atomic E-state index is 10.8. The van der Waals surface area contributed by atoms with E-state index < -0.39 is 17.8 Å². The van der Waals surface area contributed by atoms with Crippen LogP contribution in [0.3, 0.4) is 0 Å². The number of carboxylic acid groups (broad SMARTS) is 1. The minimum absolute atomic E-state index is 0.170. The fourth-order valence-electron chi connectivity index (χ4n) is 1.18. The van der Waals surface area contributed by atoms with Gasteiger partial charge in [-0.15, -0.1) is 0 Å². The van der Waals surface area contributed by atoms with Gasteiger partial charge in [0.25, 0.3) is 0 Å². The number of carboxylic acids is 1. The van der Waals surface area contributed by atoms with Gasteiger partial charge in [-0.25, -0.2) is 0 Å². The van der Waals surface area contributed by atoms with E-state index in [0.717, 1.165) is 0 Å². The molecule has 4 N–H and O–H groups in total. The molecular formula is C9H11NO4. The smallest absolute Gasteiger partial charge is 0.320 e. The summed E-state index contributed by atoms with van der Waals surface area (Å²) < 4.78 is 0. The van der Waals surface area contributed by atoms with Crippen LogP contribution in [0.5, 0.6) is 0 Å². The lowest BCUT2D eigenvalue weighted by molar-refractivity contribution is -0.138. The zero-order valence-electron chi connectivity index (χ0n) is 7.38. The predicted molar refractivity (Wildman–Crippen MR) is 48.6 cm³/mol. The van der Waals surface area contributed by atoms with Crippen LogP contribution in [0.2, 0.25) is 0 Å². The van der Waals surface area contributed by atoms with E-state index in [9.17, 15) is 9.59 Å². The highest BCUT2D eigenvalue weighted by atomic mass is 16.4. The van der Waals surface area contributed by atoms with Gasteiger partial charge >= 0.3 is 5.97 Å². The second kappa shape index (κ2) is 4.06. The Kier molecular flexibility index (Phi) is 3.03. The molecule has 0 saturated heterocycles. The lowest BCUT2D eigenvalue weighted by Gasteiger charge is -2.14. The first-order valence-electron chi connectivity index (χ1n) is 4.12. The highest BCUT2D eigenvalue weighted by Gasteiger charge is 2.19. The van der Waals surface area contributed by atoms with E-state index in [0.29, 0.717) is 0 Å². The number of hydrogen-bond acceptors (Lipinski definition) is 4. The minimum atomic E-state index is -1.09. The molecule has 2 unspecified atom stereocenters. The molecule has 1 aliphatic rings. The highest BCUT2D eigenvalue weighted by molar-refractivity contribution is 6.02. The lowest BCUT2D eigenvalue weighted by Crippen LogP contribution is -2.32. The van der Waals surface area contributed by atoms with Crippen molar-refractivity contribution in [1.29, 1.82) is 0 Å². The van der Waals surface area contributed by atoms with Gasteiger partial charge in [0.15, 0.2) is 5.76 Å². The summed E-state index contributed by atoms with van der Waals surface area (Å²) >= 11 is 0. The van der Waals surface area contributed by atoms with E-state index >= 15 is 0 Å². The van der Waals surface area contributed by atoms with Crippen molar-refractivity contribution in [3.05, 3.63) is 24.0 Å². The fourth-order valence-corrected chi connectivity index (χ4v) is 1.18. The number of aliphatic hydroxyl groups excluding tert-OH is 1.